The molecule has 0 N–H and O–H groups in total. The van der Waals surface area contributed by atoms with Gasteiger partial charge in [-0.25, -0.2) is 4.79 Å². The molecule has 0 saturated carbocycles. The molecule has 2 aromatic carbocycles. The average molecular weight is 336 g/mol. The molecule has 0 bridgehead atoms. The maximum atomic E-state index is 11.7. The fourth-order valence-corrected chi connectivity index (χ4v) is 2.50. The van der Waals surface area contributed by atoms with Crippen molar-refractivity contribution in [1.29, 1.82) is 0 Å². The van der Waals surface area contributed by atoms with Crippen LogP contribution in [-0.2, 0) is 11.3 Å². The van der Waals surface area contributed by atoms with Gasteiger partial charge in [0.05, 0.1) is 6.61 Å². The third kappa shape index (κ3) is 4.10. The van der Waals surface area contributed by atoms with Crippen LogP contribution in [0, 0.1) is 6.92 Å². The van der Waals surface area contributed by atoms with E-state index in [2.05, 4.69) is 12.1 Å². The van der Waals surface area contributed by atoms with Gasteiger partial charge < -0.3 is 13.9 Å². The maximum absolute atomic E-state index is 11.7. The van der Waals surface area contributed by atoms with Gasteiger partial charge in [0.25, 0.3) is 0 Å². The first kappa shape index (κ1) is 16.8. The highest BCUT2D eigenvalue weighted by Crippen LogP contribution is 2.23. The van der Waals surface area contributed by atoms with Crippen molar-refractivity contribution in [2.75, 3.05) is 6.61 Å². The fraction of sp³-hybridized carbons (Fsp3) is 0.190. The van der Waals surface area contributed by atoms with Crippen molar-refractivity contribution in [2.24, 2.45) is 0 Å². The molecule has 0 unspecified atom stereocenters. The van der Waals surface area contributed by atoms with E-state index in [0.29, 0.717) is 19.0 Å². The normalized spacial score (nSPS) is 10.5. The van der Waals surface area contributed by atoms with Crippen LogP contribution < -0.4 is 4.74 Å². The summed E-state index contributed by atoms with van der Waals surface area (Å²) in [4.78, 5) is 11.7. The van der Waals surface area contributed by atoms with E-state index in [4.69, 9.17) is 13.9 Å². The first-order valence-electron chi connectivity index (χ1n) is 8.22. The summed E-state index contributed by atoms with van der Waals surface area (Å²) in [6.07, 6.45) is 0. The summed E-state index contributed by atoms with van der Waals surface area (Å²) in [5.41, 5.74) is 3.13. The van der Waals surface area contributed by atoms with Crippen molar-refractivity contribution in [1.82, 2.24) is 0 Å². The molecule has 0 spiro atoms. The van der Waals surface area contributed by atoms with E-state index in [9.17, 15) is 4.79 Å². The minimum atomic E-state index is -0.455. The molecule has 4 heteroatoms. The fourth-order valence-electron chi connectivity index (χ4n) is 2.50. The summed E-state index contributed by atoms with van der Waals surface area (Å²) in [6, 6.07) is 19.8. The van der Waals surface area contributed by atoms with Crippen LogP contribution in [0.15, 0.2) is 65.1 Å². The lowest BCUT2D eigenvalue weighted by Gasteiger charge is -2.07. The van der Waals surface area contributed by atoms with Gasteiger partial charge in [0.1, 0.15) is 18.1 Å². The third-order valence-corrected chi connectivity index (χ3v) is 3.85. The van der Waals surface area contributed by atoms with Crippen LogP contribution in [0.5, 0.6) is 5.75 Å². The van der Waals surface area contributed by atoms with E-state index in [0.717, 1.165) is 16.9 Å². The Kier molecular flexibility index (Phi) is 5.19. The number of ether oxygens (including phenoxy) is 2. The number of carbonyl (C=O) groups excluding carboxylic acids is 1. The number of benzene rings is 2. The van der Waals surface area contributed by atoms with Crippen molar-refractivity contribution < 1.29 is 18.7 Å². The Labute approximate surface area is 147 Å². The zero-order valence-electron chi connectivity index (χ0n) is 14.3. The van der Waals surface area contributed by atoms with Crippen molar-refractivity contribution >= 4 is 5.97 Å². The number of hydrogen-bond acceptors (Lipinski definition) is 4. The molecule has 3 aromatic rings. The van der Waals surface area contributed by atoms with Crippen LogP contribution in [0.1, 0.15) is 28.8 Å². The molecular formula is C21H20O4. The SMILES string of the molecule is CCOC(=O)c1cc(COc2ccc(-c3ccccc3)cc2)c(C)o1. The number of hydrogen-bond donors (Lipinski definition) is 0. The van der Waals surface area contributed by atoms with E-state index in [1.165, 1.54) is 5.56 Å². The molecule has 0 atom stereocenters. The molecule has 0 saturated heterocycles. The molecular weight excluding hydrogens is 316 g/mol. The summed E-state index contributed by atoms with van der Waals surface area (Å²) in [5, 5.41) is 0. The van der Waals surface area contributed by atoms with Crippen molar-refractivity contribution in [2.45, 2.75) is 20.5 Å². The molecule has 0 fully saturated rings. The summed E-state index contributed by atoms with van der Waals surface area (Å²) in [6.45, 7) is 4.22. The first-order valence-corrected chi connectivity index (χ1v) is 8.22. The van der Waals surface area contributed by atoms with Crippen molar-refractivity contribution in [3.05, 3.63) is 77.7 Å². The van der Waals surface area contributed by atoms with Gasteiger partial charge in [0.2, 0.25) is 5.76 Å². The van der Waals surface area contributed by atoms with Gasteiger partial charge in [-0.2, -0.15) is 0 Å². The predicted molar refractivity (Wildman–Crippen MR) is 95.6 cm³/mol. The lowest BCUT2D eigenvalue weighted by molar-refractivity contribution is 0.0488. The lowest BCUT2D eigenvalue weighted by Crippen LogP contribution is -2.02. The molecule has 0 radical (unpaired) electrons. The maximum Gasteiger partial charge on any atom is 0.374 e. The molecule has 25 heavy (non-hydrogen) atoms. The molecule has 4 nitrogen and oxygen atoms in total. The zero-order valence-corrected chi connectivity index (χ0v) is 14.3. The quantitative estimate of drug-likeness (QED) is 0.594. The molecule has 0 aliphatic heterocycles. The number of carbonyl (C=O) groups is 1. The van der Waals surface area contributed by atoms with E-state index in [1.54, 1.807) is 19.9 Å². The Morgan fingerprint density at radius 2 is 1.68 bits per heavy atom. The van der Waals surface area contributed by atoms with E-state index < -0.39 is 5.97 Å². The van der Waals surface area contributed by atoms with Gasteiger partial charge in [0, 0.05) is 5.56 Å². The van der Waals surface area contributed by atoms with Crippen LogP contribution >= 0.6 is 0 Å². The zero-order chi connectivity index (χ0) is 17.6. The minimum absolute atomic E-state index is 0.206. The van der Waals surface area contributed by atoms with Crippen LogP contribution in [-0.4, -0.2) is 12.6 Å². The van der Waals surface area contributed by atoms with Gasteiger partial charge >= 0.3 is 5.97 Å². The highest BCUT2D eigenvalue weighted by Gasteiger charge is 2.15. The smallest absolute Gasteiger partial charge is 0.374 e. The summed E-state index contributed by atoms with van der Waals surface area (Å²) < 4.78 is 16.2. The average Bonchev–Trinajstić information content (AvgIpc) is 3.02. The highest BCUT2D eigenvalue weighted by atomic mass is 16.5. The standard InChI is InChI=1S/C21H20O4/c1-3-23-21(22)20-13-18(15(2)25-20)14-24-19-11-9-17(10-12-19)16-7-5-4-6-8-16/h4-13H,3,14H2,1-2H3. The lowest BCUT2D eigenvalue weighted by atomic mass is 10.1. The van der Waals surface area contributed by atoms with E-state index >= 15 is 0 Å². The highest BCUT2D eigenvalue weighted by molar-refractivity contribution is 5.86. The van der Waals surface area contributed by atoms with Crippen molar-refractivity contribution in [3.8, 4) is 16.9 Å². The largest absolute Gasteiger partial charge is 0.489 e. The van der Waals surface area contributed by atoms with Gasteiger partial charge in [-0.15, -0.1) is 0 Å². The second-order valence-corrected chi connectivity index (χ2v) is 5.59. The summed E-state index contributed by atoms with van der Waals surface area (Å²) in [7, 11) is 0. The van der Waals surface area contributed by atoms with Gasteiger partial charge in [-0.1, -0.05) is 42.5 Å². The predicted octanol–water partition coefficient (Wildman–Crippen LogP) is 5.01. The molecule has 3 rings (SSSR count). The second kappa shape index (κ2) is 7.71. The van der Waals surface area contributed by atoms with Crippen LogP contribution in [0.25, 0.3) is 11.1 Å². The Hall–Kier alpha value is -3.01. The number of aryl methyl sites for hydroxylation is 1. The Bertz CT molecular complexity index is 832. The Morgan fingerprint density at radius 3 is 2.36 bits per heavy atom. The molecule has 0 aliphatic rings. The van der Waals surface area contributed by atoms with Gasteiger partial charge in [-0.05, 0) is 43.2 Å². The van der Waals surface area contributed by atoms with Crippen LogP contribution in [0.4, 0.5) is 0 Å². The number of rotatable bonds is 6. The topological polar surface area (TPSA) is 48.7 Å². The van der Waals surface area contributed by atoms with Crippen molar-refractivity contribution in [3.63, 3.8) is 0 Å². The molecule has 0 aliphatic carbocycles. The molecule has 128 valence electrons. The minimum Gasteiger partial charge on any atom is -0.489 e. The summed E-state index contributed by atoms with van der Waals surface area (Å²) in [5.74, 6) is 1.17. The van der Waals surface area contributed by atoms with E-state index in [-0.39, 0.29) is 5.76 Å². The number of furan rings is 1. The molecule has 0 amide bonds. The number of esters is 1. The first-order chi connectivity index (χ1) is 12.2. The summed E-state index contributed by atoms with van der Waals surface area (Å²) >= 11 is 0. The van der Waals surface area contributed by atoms with Crippen LogP contribution in [0.2, 0.25) is 0 Å². The Balaban J connectivity index is 1.65. The monoisotopic (exact) mass is 336 g/mol. The molecule has 1 heterocycles. The van der Waals surface area contributed by atoms with Gasteiger partial charge in [0.15, 0.2) is 0 Å². The Morgan fingerprint density at radius 1 is 1.00 bits per heavy atom. The van der Waals surface area contributed by atoms with E-state index in [1.807, 2.05) is 42.5 Å². The van der Waals surface area contributed by atoms with Gasteiger partial charge in [-0.3, -0.25) is 0 Å². The van der Waals surface area contributed by atoms with Crippen LogP contribution in [0.3, 0.4) is 0 Å². The second-order valence-electron chi connectivity index (χ2n) is 5.59. The third-order valence-electron chi connectivity index (χ3n) is 3.85. The molecule has 1 aromatic heterocycles.